The minimum Gasteiger partial charge on any atom is -0.489 e. The number of likely N-dealkylation sites (N-methyl/N-ethyl adjacent to an activating group) is 1. The van der Waals surface area contributed by atoms with Gasteiger partial charge >= 0.3 is 0 Å². The molecule has 0 aromatic heterocycles. The summed E-state index contributed by atoms with van der Waals surface area (Å²) in [5.41, 5.74) is 1.28. The Morgan fingerprint density at radius 1 is 1.17 bits per heavy atom. The molecule has 1 rings (SSSR count). The van der Waals surface area contributed by atoms with Gasteiger partial charge in [-0.05, 0) is 37.1 Å². The van der Waals surface area contributed by atoms with E-state index in [4.69, 9.17) is 9.47 Å². The summed E-state index contributed by atoms with van der Waals surface area (Å²) in [4.78, 5) is 0. The van der Waals surface area contributed by atoms with Crippen LogP contribution in [0.5, 0.6) is 5.75 Å². The number of hydrogen-bond donors (Lipinski definition) is 1. The van der Waals surface area contributed by atoms with Crippen LogP contribution in [0.15, 0.2) is 24.3 Å². The third-order valence-corrected chi connectivity index (χ3v) is 2.95. The molecule has 3 heteroatoms. The zero-order valence-corrected chi connectivity index (χ0v) is 11.9. The molecule has 0 radical (unpaired) electrons. The fraction of sp³-hybridized carbons (Fsp3) is 0.600. The van der Waals surface area contributed by atoms with Crippen LogP contribution in [-0.2, 0) is 11.2 Å². The van der Waals surface area contributed by atoms with Crippen molar-refractivity contribution < 1.29 is 9.47 Å². The van der Waals surface area contributed by atoms with E-state index in [1.807, 2.05) is 19.2 Å². The second kappa shape index (κ2) is 8.11. The Hall–Kier alpha value is -1.06. The fourth-order valence-corrected chi connectivity index (χ4v) is 1.74. The topological polar surface area (TPSA) is 30.5 Å². The summed E-state index contributed by atoms with van der Waals surface area (Å²) < 4.78 is 11.0. The highest BCUT2D eigenvalue weighted by Gasteiger charge is 2.13. The molecule has 0 saturated carbocycles. The van der Waals surface area contributed by atoms with E-state index < -0.39 is 0 Å². The third kappa shape index (κ3) is 5.07. The Bertz CT molecular complexity index is 322. The smallest absolute Gasteiger partial charge is 0.119 e. The van der Waals surface area contributed by atoms with Crippen LogP contribution >= 0.6 is 0 Å². The van der Waals surface area contributed by atoms with Crippen molar-refractivity contribution in [3.05, 3.63) is 29.8 Å². The Morgan fingerprint density at radius 2 is 1.83 bits per heavy atom. The predicted molar refractivity (Wildman–Crippen MR) is 75.2 cm³/mol. The standard InChI is InChI=1S/C15H25NO2/c1-12(2)15(11-16-3)18-14-7-5-13(6-8-14)9-10-17-4/h5-8,12,15-16H,9-11H2,1-4H3. The van der Waals surface area contributed by atoms with Crippen molar-refractivity contribution in [2.45, 2.75) is 26.4 Å². The van der Waals surface area contributed by atoms with Crippen LogP contribution in [0.4, 0.5) is 0 Å². The van der Waals surface area contributed by atoms with Crippen molar-refractivity contribution in [2.24, 2.45) is 5.92 Å². The first-order valence-corrected chi connectivity index (χ1v) is 6.56. The van der Waals surface area contributed by atoms with E-state index in [9.17, 15) is 0 Å². The normalized spacial score (nSPS) is 12.7. The van der Waals surface area contributed by atoms with Gasteiger partial charge < -0.3 is 14.8 Å². The number of benzene rings is 1. The van der Waals surface area contributed by atoms with E-state index in [0.29, 0.717) is 5.92 Å². The van der Waals surface area contributed by atoms with Crippen molar-refractivity contribution in [2.75, 3.05) is 27.3 Å². The lowest BCUT2D eigenvalue weighted by atomic mass is 10.1. The molecule has 1 aromatic rings. The highest BCUT2D eigenvalue weighted by Crippen LogP contribution is 2.17. The molecule has 3 nitrogen and oxygen atoms in total. The van der Waals surface area contributed by atoms with E-state index in [-0.39, 0.29) is 6.10 Å². The van der Waals surface area contributed by atoms with Crippen LogP contribution in [-0.4, -0.2) is 33.4 Å². The van der Waals surface area contributed by atoms with Crippen LogP contribution in [0, 0.1) is 5.92 Å². The van der Waals surface area contributed by atoms with Crippen LogP contribution < -0.4 is 10.1 Å². The van der Waals surface area contributed by atoms with Crippen LogP contribution in [0.3, 0.4) is 0 Å². The quantitative estimate of drug-likeness (QED) is 0.770. The van der Waals surface area contributed by atoms with Crippen molar-refractivity contribution in [1.29, 1.82) is 0 Å². The monoisotopic (exact) mass is 251 g/mol. The molecule has 1 atom stereocenters. The van der Waals surface area contributed by atoms with Gasteiger partial charge in [0.2, 0.25) is 0 Å². The maximum Gasteiger partial charge on any atom is 0.119 e. The zero-order chi connectivity index (χ0) is 13.4. The van der Waals surface area contributed by atoms with E-state index in [1.54, 1.807) is 7.11 Å². The number of methoxy groups -OCH3 is 1. The third-order valence-electron chi connectivity index (χ3n) is 2.95. The van der Waals surface area contributed by atoms with E-state index in [0.717, 1.165) is 25.3 Å². The molecule has 0 aliphatic carbocycles. The molecular formula is C15H25NO2. The second-order valence-electron chi connectivity index (χ2n) is 4.84. The van der Waals surface area contributed by atoms with Crippen molar-refractivity contribution in [1.82, 2.24) is 5.32 Å². The van der Waals surface area contributed by atoms with E-state index in [1.165, 1.54) is 5.56 Å². The molecule has 0 bridgehead atoms. The largest absolute Gasteiger partial charge is 0.489 e. The Balaban J connectivity index is 2.55. The number of ether oxygens (including phenoxy) is 2. The van der Waals surface area contributed by atoms with E-state index >= 15 is 0 Å². The molecule has 0 aliphatic rings. The van der Waals surface area contributed by atoms with Gasteiger partial charge in [0.05, 0.1) is 6.61 Å². The Kier molecular flexibility index (Phi) is 6.76. The van der Waals surface area contributed by atoms with Gasteiger partial charge in [-0.1, -0.05) is 26.0 Å². The van der Waals surface area contributed by atoms with Gasteiger partial charge in [-0.2, -0.15) is 0 Å². The summed E-state index contributed by atoms with van der Waals surface area (Å²) in [5, 5.41) is 3.17. The second-order valence-corrected chi connectivity index (χ2v) is 4.84. The molecule has 0 aliphatic heterocycles. The van der Waals surface area contributed by atoms with Gasteiger partial charge in [-0.25, -0.2) is 0 Å². The molecule has 102 valence electrons. The van der Waals surface area contributed by atoms with Gasteiger partial charge in [-0.15, -0.1) is 0 Å². The number of rotatable bonds is 8. The summed E-state index contributed by atoms with van der Waals surface area (Å²) >= 11 is 0. The summed E-state index contributed by atoms with van der Waals surface area (Å²) in [5.74, 6) is 1.43. The highest BCUT2D eigenvalue weighted by atomic mass is 16.5. The predicted octanol–water partition coefficient (Wildman–Crippen LogP) is 2.50. The average molecular weight is 251 g/mol. The molecule has 0 spiro atoms. The molecule has 18 heavy (non-hydrogen) atoms. The first-order valence-electron chi connectivity index (χ1n) is 6.56. The molecular weight excluding hydrogens is 226 g/mol. The van der Waals surface area contributed by atoms with Crippen molar-refractivity contribution in [3.63, 3.8) is 0 Å². The van der Waals surface area contributed by atoms with E-state index in [2.05, 4.69) is 31.3 Å². The summed E-state index contributed by atoms with van der Waals surface area (Å²) in [6.07, 6.45) is 1.15. The fourth-order valence-electron chi connectivity index (χ4n) is 1.74. The molecule has 1 N–H and O–H groups in total. The Morgan fingerprint density at radius 3 is 2.33 bits per heavy atom. The number of hydrogen-bond acceptors (Lipinski definition) is 3. The lowest BCUT2D eigenvalue weighted by molar-refractivity contribution is 0.151. The SMILES string of the molecule is CNCC(Oc1ccc(CCOC)cc1)C(C)C. The van der Waals surface area contributed by atoms with Crippen molar-refractivity contribution >= 4 is 0 Å². The highest BCUT2D eigenvalue weighted by molar-refractivity contribution is 5.27. The Labute approximate surface area is 110 Å². The van der Waals surface area contributed by atoms with Gasteiger partial charge in [-0.3, -0.25) is 0 Å². The summed E-state index contributed by atoms with van der Waals surface area (Å²) in [6.45, 7) is 5.97. The maximum absolute atomic E-state index is 5.98. The summed E-state index contributed by atoms with van der Waals surface area (Å²) in [6, 6.07) is 8.28. The van der Waals surface area contributed by atoms with Crippen LogP contribution in [0.2, 0.25) is 0 Å². The van der Waals surface area contributed by atoms with Gasteiger partial charge in [0.15, 0.2) is 0 Å². The molecule has 1 aromatic carbocycles. The number of nitrogens with one attached hydrogen (secondary N) is 1. The lowest BCUT2D eigenvalue weighted by Gasteiger charge is -2.22. The molecule has 1 unspecified atom stereocenters. The lowest BCUT2D eigenvalue weighted by Crippen LogP contribution is -2.33. The molecule has 0 fully saturated rings. The van der Waals surface area contributed by atoms with Gasteiger partial charge in [0, 0.05) is 13.7 Å². The average Bonchev–Trinajstić information content (AvgIpc) is 2.37. The van der Waals surface area contributed by atoms with Gasteiger partial charge in [0.1, 0.15) is 11.9 Å². The maximum atomic E-state index is 5.98. The first kappa shape index (κ1) is 15.0. The molecule has 0 heterocycles. The van der Waals surface area contributed by atoms with Crippen molar-refractivity contribution in [3.8, 4) is 5.75 Å². The zero-order valence-electron chi connectivity index (χ0n) is 11.9. The van der Waals surface area contributed by atoms with Crippen LogP contribution in [0.25, 0.3) is 0 Å². The summed E-state index contributed by atoms with van der Waals surface area (Å²) in [7, 11) is 3.68. The molecule has 0 amide bonds. The van der Waals surface area contributed by atoms with Gasteiger partial charge in [0.25, 0.3) is 0 Å². The molecule has 0 saturated heterocycles. The first-order chi connectivity index (χ1) is 8.67. The minimum atomic E-state index is 0.208. The van der Waals surface area contributed by atoms with Crippen LogP contribution in [0.1, 0.15) is 19.4 Å². The minimum absolute atomic E-state index is 0.208.